The van der Waals surface area contributed by atoms with Crippen LogP contribution >= 0.6 is 0 Å². The Balaban J connectivity index is 1.87. The lowest BCUT2D eigenvalue weighted by atomic mass is 9.50. The van der Waals surface area contributed by atoms with Crippen molar-refractivity contribution in [3.8, 4) is 11.5 Å². The molecule has 5 nitrogen and oxygen atoms in total. The largest absolute Gasteiger partial charge is 0.493 e. The van der Waals surface area contributed by atoms with Gasteiger partial charge in [-0.15, -0.1) is 0 Å². The number of nitrogens with zero attached hydrogens (tertiary/aromatic N) is 1. The molecule has 1 saturated heterocycles. The Morgan fingerprint density at radius 2 is 2.22 bits per heavy atom. The van der Waals surface area contributed by atoms with Crippen molar-refractivity contribution in [3.05, 3.63) is 35.4 Å². The molecule has 0 saturated carbocycles. The molecule has 2 heterocycles. The van der Waals surface area contributed by atoms with Gasteiger partial charge in [0.15, 0.2) is 11.5 Å². The number of benzene rings is 1. The molecule has 5 rings (SSSR count). The maximum Gasteiger partial charge on any atom is 0.166 e. The van der Waals surface area contributed by atoms with Gasteiger partial charge in [0.25, 0.3) is 0 Å². The fraction of sp³-hybridized carbons (Fsp3) is 0.556. The van der Waals surface area contributed by atoms with Crippen molar-refractivity contribution in [1.82, 2.24) is 4.90 Å². The monoisotopic (exact) mass is 315 g/mol. The Morgan fingerprint density at radius 1 is 1.39 bits per heavy atom. The molecule has 1 spiro atoms. The standard InChI is InChI=1S/C18H21NO4/c1-19-8-7-17-14-10-3-4-12(22-2)15(14)23-16(17)11(20)5-6-18(17,21)13(19)9-10/h3-6,11,13,16,20-21H,7-9H2,1-2H3. The Kier molecular flexibility index (Phi) is 2.46. The molecule has 23 heavy (non-hydrogen) atoms. The molecule has 1 fully saturated rings. The maximum atomic E-state index is 11.7. The number of rotatable bonds is 1. The van der Waals surface area contributed by atoms with Gasteiger partial charge in [0.05, 0.1) is 12.5 Å². The minimum absolute atomic E-state index is 0.00190. The normalized spacial score (nSPS) is 43.0. The van der Waals surface area contributed by atoms with Crippen LogP contribution in [0.5, 0.6) is 11.5 Å². The topological polar surface area (TPSA) is 62.2 Å². The molecule has 122 valence electrons. The Labute approximate surface area is 135 Å². The third-order valence-corrected chi connectivity index (χ3v) is 6.49. The number of ether oxygens (including phenoxy) is 2. The summed E-state index contributed by atoms with van der Waals surface area (Å²) in [5.41, 5.74) is 0.647. The summed E-state index contributed by atoms with van der Waals surface area (Å²) in [7, 11) is 3.69. The van der Waals surface area contributed by atoms with Crippen LogP contribution in [0.1, 0.15) is 17.5 Å². The molecule has 2 bridgehead atoms. The van der Waals surface area contributed by atoms with Gasteiger partial charge in [-0.3, -0.25) is 4.90 Å². The van der Waals surface area contributed by atoms with E-state index in [0.29, 0.717) is 11.5 Å². The SMILES string of the molecule is COc1ccc2c3c1OC1C(O)C=CC4(O)C(C2)N(C)CCC314. The van der Waals surface area contributed by atoms with Crippen molar-refractivity contribution >= 4 is 0 Å². The lowest BCUT2D eigenvalue weighted by Crippen LogP contribution is -2.75. The highest BCUT2D eigenvalue weighted by Crippen LogP contribution is 2.63. The number of aliphatic hydroxyl groups excluding tert-OH is 1. The van der Waals surface area contributed by atoms with Crippen LogP contribution in [0.25, 0.3) is 0 Å². The molecule has 1 aromatic carbocycles. The van der Waals surface area contributed by atoms with Crippen molar-refractivity contribution in [2.75, 3.05) is 20.7 Å². The molecule has 5 heteroatoms. The van der Waals surface area contributed by atoms with Crippen LogP contribution in [0, 0.1) is 0 Å². The van der Waals surface area contributed by atoms with Crippen molar-refractivity contribution in [3.63, 3.8) is 0 Å². The third kappa shape index (κ3) is 1.32. The number of likely N-dealkylation sites (N-methyl/N-ethyl adjacent to an activating group) is 1. The molecular formula is C18H21NO4. The first-order chi connectivity index (χ1) is 11.0. The molecule has 0 amide bonds. The Bertz CT molecular complexity index is 732. The molecule has 2 N–H and O–H groups in total. The second-order valence-electron chi connectivity index (χ2n) is 7.27. The number of hydrogen-bond donors (Lipinski definition) is 2. The molecule has 1 aromatic rings. The van der Waals surface area contributed by atoms with Crippen LogP contribution in [0.3, 0.4) is 0 Å². The molecule has 2 aliphatic heterocycles. The highest BCUT2D eigenvalue weighted by molar-refractivity contribution is 5.64. The second kappa shape index (κ2) is 4.09. The van der Waals surface area contributed by atoms with Gasteiger partial charge in [-0.05, 0) is 38.1 Å². The highest BCUT2D eigenvalue weighted by Gasteiger charge is 2.71. The lowest BCUT2D eigenvalue weighted by Gasteiger charge is -2.61. The summed E-state index contributed by atoms with van der Waals surface area (Å²) in [6, 6.07) is 4.02. The van der Waals surface area contributed by atoms with Crippen LogP contribution < -0.4 is 9.47 Å². The summed E-state index contributed by atoms with van der Waals surface area (Å²) in [5.74, 6) is 1.39. The number of likely N-dealkylation sites (tertiary alicyclic amines) is 1. The van der Waals surface area contributed by atoms with Gasteiger partial charge in [0.1, 0.15) is 17.8 Å². The second-order valence-corrected chi connectivity index (χ2v) is 7.27. The number of methoxy groups -OCH3 is 1. The first-order valence-corrected chi connectivity index (χ1v) is 8.20. The minimum atomic E-state index is -1.02. The number of hydrogen-bond acceptors (Lipinski definition) is 5. The first-order valence-electron chi connectivity index (χ1n) is 8.20. The summed E-state index contributed by atoms with van der Waals surface area (Å²) < 4.78 is 11.7. The summed E-state index contributed by atoms with van der Waals surface area (Å²) in [4.78, 5) is 2.23. The van der Waals surface area contributed by atoms with E-state index in [0.717, 1.165) is 24.9 Å². The number of aliphatic hydroxyl groups is 2. The zero-order chi connectivity index (χ0) is 16.0. The van der Waals surface area contributed by atoms with Gasteiger partial charge >= 0.3 is 0 Å². The quantitative estimate of drug-likeness (QED) is 0.744. The smallest absolute Gasteiger partial charge is 0.166 e. The summed E-state index contributed by atoms with van der Waals surface area (Å²) in [5, 5.41) is 22.3. The fourth-order valence-electron chi connectivity index (χ4n) is 5.44. The third-order valence-electron chi connectivity index (χ3n) is 6.49. The zero-order valence-electron chi connectivity index (χ0n) is 13.3. The fourth-order valence-corrected chi connectivity index (χ4v) is 5.44. The Hall–Kier alpha value is -1.56. The average Bonchev–Trinajstić information content (AvgIpc) is 2.90. The van der Waals surface area contributed by atoms with E-state index in [1.165, 1.54) is 5.56 Å². The zero-order valence-corrected chi connectivity index (χ0v) is 13.3. The molecule has 5 atom stereocenters. The summed E-state index contributed by atoms with van der Waals surface area (Å²) in [6.07, 6.45) is 3.86. The molecule has 5 unspecified atom stereocenters. The van der Waals surface area contributed by atoms with E-state index in [4.69, 9.17) is 9.47 Å². The van der Waals surface area contributed by atoms with Crippen LogP contribution in [0.2, 0.25) is 0 Å². The summed E-state index contributed by atoms with van der Waals surface area (Å²) in [6.45, 7) is 0.878. The van der Waals surface area contributed by atoms with Gasteiger partial charge < -0.3 is 19.7 Å². The maximum absolute atomic E-state index is 11.7. The highest BCUT2D eigenvalue weighted by atomic mass is 16.5. The predicted octanol–water partition coefficient (Wildman–Crippen LogP) is 0.616. The lowest BCUT2D eigenvalue weighted by molar-refractivity contribution is -0.151. The van der Waals surface area contributed by atoms with Gasteiger partial charge in [-0.2, -0.15) is 0 Å². The van der Waals surface area contributed by atoms with E-state index in [1.54, 1.807) is 13.2 Å². The van der Waals surface area contributed by atoms with E-state index in [-0.39, 0.29) is 6.04 Å². The van der Waals surface area contributed by atoms with E-state index < -0.39 is 23.2 Å². The van der Waals surface area contributed by atoms with E-state index >= 15 is 0 Å². The summed E-state index contributed by atoms with van der Waals surface area (Å²) >= 11 is 0. The van der Waals surface area contributed by atoms with Crippen molar-refractivity contribution in [2.45, 2.75) is 42.1 Å². The van der Waals surface area contributed by atoms with Gasteiger partial charge in [0.2, 0.25) is 0 Å². The molecule has 0 aromatic heterocycles. The van der Waals surface area contributed by atoms with Gasteiger partial charge in [-0.1, -0.05) is 18.2 Å². The molecule has 4 aliphatic rings. The van der Waals surface area contributed by atoms with Crippen LogP contribution in [-0.2, 0) is 11.8 Å². The van der Waals surface area contributed by atoms with Gasteiger partial charge in [0, 0.05) is 11.6 Å². The predicted molar refractivity (Wildman–Crippen MR) is 83.9 cm³/mol. The van der Waals surface area contributed by atoms with E-state index in [2.05, 4.69) is 18.0 Å². The first kappa shape index (κ1) is 13.8. The number of piperidine rings is 1. The molecule has 2 aliphatic carbocycles. The van der Waals surface area contributed by atoms with Gasteiger partial charge in [-0.25, -0.2) is 0 Å². The minimum Gasteiger partial charge on any atom is -0.493 e. The van der Waals surface area contributed by atoms with Crippen molar-refractivity contribution < 1.29 is 19.7 Å². The average molecular weight is 315 g/mol. The van der Waals surface area contributed by atoms with E-state index in [1.807, 2.05) is 12.1 Å². The molecule has 0 radical (unpaired) electrons. The van der Waals surface area contributed by atoms with Crippen LogP contribution in [0.15, 0.2) is 24.3 Å². The van der Waals surface area contributed by atoms with Crippen LogP contribution in [-0.4, -0.2) is 59.7 Å². The molecular weight excluding hydrogens is 294 g/mol. The van der Waals surface area contributed by atoms with E-state index in [9.17, 15) is 10.2 Å². The Morgan fingerprint density at radius 3 is 3.00 bits per heavy atom. The van der Waals surface area contributed by atoms with Crippen LogP contribution in [0.4, 0.5) is 0 Å². The van der Waals surface area contributed by atoms with Crippen molar-refractivity contribution in [2.24, 2.45) is 0 Å². The van der Waals surface area contributed by atoms with Crippen molar-refractivity contribution in [1.29, 1.82) is 0 Å².